The molecule has 3 N–H and O–H groups in total. The number of rotatable bonds is 6. The Labute approximate surface area is 148 Å². The molecule has 0 saturated heterocycles. The largest absolute Gasteiger partial charge is 0.416 e. The van der Waals surface area contributed by atoms with Crippen LogP contribution in [0.2, 0.25) is 0 Å². The molecule has 2 rings (SSSR count). The number of nitrogens with zero attached hydrogens (tertiary/aromatic N) is 2. The molecular formula is C17H19F3N4O2. The van der Waals surface area contributed by atoms with Gasteiger partial charge in [0.15, 0.2) is 0 Å². The highest BCUT2D eigenvalue weighted by Gasteiger charge is 2.30. The normalized spacial score (nSPS) is 11.4. The second-order valence-corrected chi connectivity index (χ2v) is 5.83. The molecule has 0 spiro atoms. The van der Waals surface area contributed by atoms with Crippen LogP contribution in [0.5, 0.6) is 0 Å². The van der Waals surface area contributed by atoms with E-state index < -0.39 is 23.6 Å². The van der Waals surface area contributed by atoms with Gasteiger partial charge in [-0.1, -0.05) is 25.5 Å². The van der Waals surface area contributed by atoms with E-state index in [0.717, 1.165) is 18.6 Å². The van der Waals surface area contributed by atoms with Gasteiger partial charge in [0.1, 0.15) is 5.69 Å². The Bertz CT molecular complexity index is 811. The van der Waals surface area contributed by atoms with Crippen LogP contribution in [-0.4, -0.2) is 21.6 Å². The third-order valence-electron chi connectivity index (χ3n) is 3.75. The van der Waals surface area contributed by atoms with Gasteiger partial charge in [0, 0.05) is 7.05 Å². The molecule has 0 saturated carbocycles. The number of primary amides is 1. The van der Waals surface area contributed by atoms with Gasteiger partial charge in [0.05, 0.1) is 23.4 Å². The Morgan fingerprint density at radius 1 is 1.23 bits per heavy atom. The van der Waals surface area contributed by atoms with Crippen molar-refractivity contribution in [2.45, 2.75) is 32.4 Å². The number of alkyl halides is 3. The van der Waals surface area contributed by atoms with E-state index in [0.29, 0.717) is 17.7 Å². The van der Waals surface area contributed by atoms with Crippen molar-refractivity contribution < 1.29 is 22.8 Å². The highest BCUT2D eigenvalue weighted by atomic mass is 19.4. The van der Waals surface area contributed by atoms with Gasteiger partial charge < -0.3 is 11.1 Å². The third kappa shape index (κ3) is 4.41. The number of nitrogens with one attached hydrogen (secondary N) is 1. The van der Waals surface area contributed by atoms with Crippen molar-refractivity contribution in [3.05, 3.63) is 46.8 Å². The van der Waals surface area contributed by atoms with Gasteiger partial charge in [-0.05, 0) is 24.1 Å². The van der Waals surface area contributed by atoms with Gasteiger partial charge in [-0.2, -0.15) is 18.3 Å². The van der Waals surface area contributed by atoms with Gasteiger partial charge in [-0.3, -0.25) is 14.3 Å². The number of amides is 2. The molecule has 0 atom stereocenters. The van der Waals surface area contributed by atoms with Crippen LogP contribution in [0.1, 0.15) is 40.7 Å². The molecule has 0 aliphatic carbocycles. The molecule has 1 heterocycles. The maximum Gasteiger partial charge on any atom is 0.416 e. The summed E-state index contributed by atoms with van der Waals surface area (Å²) < 4.78 is 39.0. The molecule has 0 fully saturated rings. The number of aryl methyl sites for hydroxylation is 2. The summed E-state index contributed by atoms with van der Waals surface area (Å²) in [6, 6.07) is 4.33. The Morgan fingerprint density at radius 2 is 1.85 bits per heavy atom. The molecule has 140 valence electrons. The lowest BCUT2D eigenvalue weighted by atomic mass is 10.1. The number of carbonyl (C=O) groups excluding carboxylic acids is 2. The van der Waals surface area contributed by atoms with E-state index in [1.54, 1.807) is 7.05 Å². The summed E-state index contributed by atoms with van der Waals surface area (Å²) in [4.78, 5) is 23.9. The zero-order chi connectivity index (χ0) is 19.5. The van der Waals surface area contributed by atoms with Crippen LogP contribution in [0.3, 0.4) is 0 Å². The maximum absolute atomic E-state index is 12.6. The summed E-state index contributed by atoms with van der Waals surface area (Å²) >= 11 is 0. The minimum Gasteiger partial charge on any atom is -0.364 e. The number of nitrogens with two attached hydrogens (primary N) is 1. The molecule has 0 radical (unpaired) electrons. The van der Waals surface area contributed by atoms with Crippen molar-refractivity contribution in [2.24, 2.45) is 12.8 Å². The third-order valence-corrected chi connectivity index (χ3v) is 3.75. The highest BCUT2D eigenvalue weighted by Crippen LogP contribution is 2.29. The smallest absolute Gasteiger partial charge is 0.364 e. The predicted octanol–water partition coefficient (Wildman–Crippen LogP) is 2.67. The molecule has 1 aromatic heterocycles. The summed E-state index contributed by atoms with van der Waals surface area (Å²) in [7, 11) is 1.55. The van der Waals surface area contributed by atoms with Gasteiger partial charge in [-0.15, -0.1) is 0 Å². The Hall–Kier alpha value is -2.84. The predicted molar refractivity (Wildman–Crippen MR) is 89.5 cm³/mol. The fourth-order valence-corrected chi connectivity index (χ4v) is 2.59. The molecule has 1 aromatic carbocycles. The van der Waals surface area contributed by atoms with Gasteiger partial charge in [0.25, 0.3) is 5.91 Å². The van der Waals surface area contributed by atoms with Crippen molar-refractivity contribution >= 4 is 17.5 Å². The number of hydrogen-bond acceptors (Lipinski definition) is 3. The summed E-state index contributed by atoms with van der Waals surface area (Å²) in [6.07, 6.45) is -3.28. The molecule has 9 heteroatoms. The molecule has 0 unspecified atom stereocenters. The lowest BCUT2D eigenvalue weighted by molar-refractivity contribution is -0.137. The second kappa shape index (κ2) is 7.59. The monoisotopic (exact) mass is 368 g/mol. The molecule has 26 heavy (non-hydrogen) atoms. The minimum absolute atomic E-state index is 0.0780. The first-order valence-electron chi connectivity index (χ1n) is 7.95. The highest BCUT2D eigenvalue weighted by molar-refractivity contribution is 6.03. The van der Waals surface area contributed by atoms with Crippen molar-refractivity contribution in [1.82, 2.24) is 9.78 Å². The summed E-state index contributed by atoms with van der Waals surface area (Å²) in [5, 5.41) is 6.81. The quantitative estimate of drug-likeness (QED) is 0.821. The van der Waals surface area contributed by atoms with Crippen LogP contribution >= 0.6 is 0 Å². The SMILES string of the molecule is CCCc1nn(C)c(C(N)=O)c1NC(=O)Cc1ccc(C(F)(F)F)cc1. The molecule has 0 aliphatic heterocycles. The second-order valence-electron chi connectivity index (χ2n) is 5.83. The topological polar surface area (TPSA) is 90.0 Å². The number of anilines is 1. The maximum atomic E-state index is 12.6. The van der Waals surface area contributed by atoms with Crippen LogP contribution in [0.25, 0.3) is 0 Å². The number of aromatic nitrogens is 2. The average Bonchev–Trinajstić information content (AvgIpc) is 2.82. The van der Waals surface area contributed by atoms with E-state index >= 15 is 0 Å². The summed E-state index contributed by atoms with van der Waals surface area (Å²) in [6.45, 7) is 1.92. The molecule has 6 nitrogen and oxygen atoms in total. The van der Waals surface area contributed by atoms with E-state index in [1.807, 2.05) is 6.92 Å². The lowest BCUT2D eigenvalue weighted by Gasteiger charge is -2.09. The van der Waals surface area contributed by atoms with Crippen LogP contribution < -0.4 is 11.1 Å². The first-order chi connectivity index (χ1) is 12.1. The van der Waals surface area contributed by atoms with E-state index in [9.17, 15) is 22.8 Å². The van der Waals surface area contributed by atoms with Gasteiger partial charge in [0.2, 0.25) is 5.91 Å². The minimum atomic E-state index is -4.43. The van der Waals surface area contributed by atoms with E-state index in [1.165, 1.54) is 16.8 Å². The van der Waals surface area contributed by atoms with E-state index in [2.05, 4.69) is 10.4 Å². The molecule has 0 bridgehead atoms. The van der Waals surface area contributed by atoms with E-state index in [-0.39, 0.29) is 17.8 Å². The molecule has 2 aromatic rings. The van der Waals surface area contributed by atoms with Crippen LogP contribution in [-0.2, 0) is 30.9 Å². The lowest BCUT2D eigenvalue weighted by Crippen LogP contribution is -2.21. The first-order valence-corrected chi connectivity index (χ1v) is 7.95. The Morgan fingerprint density at radius 3 is 2.35 bits per heavy atom. The first kappa shape index (κ1) is 19.5. The molecule has 0 aliphatic rings. The van der Waals surface area contributed by atoms with Crippen LogP contribution in [0, 0.1) is 0 Å². The number of benzene rings is 1. The molecule has 2 amide bonds. The van der Waals surface area contributed by atoms with Crippen molar-refractivity contribution in [3.63, 3.8) is 0 Å². The van der Waals surface area contributed by atoms with Crippen molar-refractivity contribution in [2.75, 3.05) is 5.32 Å². The van der Waals surface area contributed by atoms with Gasteiger partial charge >= 0.3 is 6.18 Å². The van der Waals surface area contributed by atoms with Crippen LogP contribution in [0.15, 0.2) is 24.3 Å². The van der Waals surface area contributed by atoms with Crippen molar-refractivity contribution in [1.29, 1.82) is 0 Å². The van der Waals surface area contributed by atoms with Crippen LogP contribution in [0.4, 0.5) is 18.9 Å². The fraction of sp³-hybridized carbons (Fsp3) is 0.353. The number of carbonyl (C=O) groups is 2. The van der Waals surface area contributed by atoms with Gasteiger partial charge in [-0.25, -0.2) is 0 Å². The number of hydrogen-bond donors (Lipinski definition) is 2. The van der Waals surface area contributed by atoms with Crippen molar-refractivity contribution in [3.8, 4) is 0 Å². The molecular weight excluding hydrogens is 349 g/mol. The summed E-state index contributed by atoms with van der Waals surface area (Å²) in [5.74, 6) is -1.20. The zero-order valence-electron chi connectivity index (χ0n) is 14.4. The average molecular weight is 368 g/mol. The Kier molecular flexibility index (Phi) is 5.69. The van der Waals surface area contributed by atoms with E-state index in [4.69, 9.17) is 5.73 Å². The standard InChI is InChI=1S/C17H19F3N4O2/c1-3-4-12-14(15(16(21)26)24(2)23-12)22-13(25)9-10-5-7-11(8-6-10)17(18,19)20/h5-8H,3-4,9H2,1-2H3,(H2,21,26)(H,22,25). The summed E-state index contributed by atoms with van der Waals surface area (Å²) in [5.41, 5.74) is 5.84. The Balaban J connectivity index is 2.18. The number of halogens is 3. The fourth-order valence-electron chi connectivity index (χ4n) is 2.59. The zero-order valence-corrected chi connectivity index (χ0v) is 14.4.